The number of fused-ring (bicyclic) bond motifs is 2. The highest BCUT2D eigenvalue weighted by Gasteiger charge is 2.60. The molecule has 0 radical (unpaired) electrons. The smallest absolute Gasteiger partial charge is 0.347 e. The van der Waals surface area contributed by atoms with Crippen molar-refractivity contribution >= 4 is 27.9 Å². The van der Waals surface area contributed by atoms with Crippen LogP contribution in [0.1, 0.15) is 69.0 Å². The molecular weight excluding hydrogens is 592 g/mol. The molecule has 0 bridgehead atoms. The molecular formula is C32H33BrO8. The Morgan fingerprint density at radius 1 is 1.10 bits per heavy atom. The van der Waals surface area contributed by atoms with Crippen molar-refractivity contribution in [3.05, 3.63) is 86.7 Å². The average molecular weight is 626 g/mol. The van der Waals surface area contributed by atoms with Crippen LogP contribution < -0.4 is 10.4 Å². The van der Waals surface area contributed by atoms with E-state index in [0.717, 1.165) is 4.47 Å². The Hall–Kier alpha value is -3.43. The molecule has 2 heterocycles. The first kappa shape index (κ1) is 29.1. The largest absolute Gasteiger partial charge is 0.482 e. The molecule has 41 heavy (non-hydrogen) atoms. The third kappa shape index (κ3) is 5.57. The predicted octanol–water partition coefficient (Wildman–Crippen LogP) is 6.24. The molecule has 1 fully saturated rings. The summed E-state index contributed by atoms with van der Waals surface area (Å²) in [4.78, 5) is 39.4. The molecule has 2 aromatic carbocycles. The third-order valence-electron chi connectivity index (χ3n) is 8.62. The number of hydrogen-bond donors (Lipinski definition) is 1. The van der Waals surface area contributed by atoms with Crippen LogP contribution in [0.25, 0.3) is 11.3 Å². The zero-order valence-electron chi connectivity index (χ0n) is 23.4. The number of ether oxygens (including phenoxy) is 3. The lowest BCUT2D eigenvalue weighted by molar-refractivity contribution is -0.204. The van der Waals surface area contributed by atoms with Crippen LogP contribution in [0.5, 0.6) is 5.75 Å². The van der Waals surface area contributed by atoms with E-state index in [1.54, 1.807) is 37.3 Å². The second-order valence-corrected chi connectivity index (χ2v) is 12.2. The second-order valence-electron chi connectivity index (χ2n) is 11.2. The highest BCUT2D eigenvalue weighted by molar-refractivity contribution is 9.10. The summed E-state index contributed by atoms with van der Waals surface area (Å²) < 4.78 is 25.1. The fourth-order valence-corrected chi connectivity index (χ4v) is 6.28. The van der Waals surface area contributed by atoms with Gasteiger partial charge in [0.15, 0.2) is 0 Å². The van der Waals surface area contributed by atoms with E-state index in [-0.39, 0.29) is 17.2 Å². The van der Waals surface area contributed by atoms with E-state index in [0.29, 0.717) is 36.1 Å². The molecule has 8 nitrogen and oxygen atoms in total. The van der Waals surface area contributed by atoms with Crippen LogP contribution in [0.15, 0.2) is 74.3 Å². The van der Waals surface area contributed by atoms with Gasteiger partial charge in [0.05, 0.1) is 11.2 Å². The molecule has 1 aliphatic heterocycles. The van der Waals surface area contributed by atoms with E-state index < -0.39 is 46.9 Å². The van der Waals surface area contributed by atoms with E-state index >= 15 is 0 Å². The Morgan fingerprint density at radius 3 is 2.41 bits per heavy atom. The SMILES string of the molecule is CC[C@](C)(O)[C@@H]1C[C@@H]2[C@@H](OC(=O)c3ccc(Br)cc3)c3c(cc(-c4ccccc4)oc3=O)O[C@@]2(C)[C@H](OC(C)=O)C1. The predicted molar refractivity (Wildman–Crippen MR) is 154 cm³/mol. The van der Waals surface area contributed by atoms with Gasteiger partial charge in [-0.25, -0.2) is 9.59 Å². The van der Waals surface area contributed by atoms with E-state index in [4.69, 9.17) is 18.6 Å². The zero-order valence-corrected chi connectivity index (χ0v) is 25.0. The lowest BCUT2D eigenvalue weighted by Gasteiger charge is -2.54. The number of benzene rings is 2. The van der Waals surface area contributed by atoms with Crippen molar-refractivity contribution < 1.29 is 33.3 Å². The van der Waals surface area contributed by atoms with E-state index in [9.17, 15) is 19.5 Å². The number of hydrogen-bond acceptors (Lipinski definition) is 8. The number of aliphatic hydroxyl groups is 1. The van der Waals surface area contributed by atoms with Gasteiger partial charge < -0.3 is 23.7 Å². The standard InChI is InChI=1S/C32H33BrO8/c1-5-31(3,37)21-15-23-28(40-29(35)20-11-13-22(33)14-12-20)27-25(41-32(23,4)26(16-21)38-18(2)34)17-24(39-30(27)36)19-9-7-6-8-10-19/h6-14,17,21,23,26,28,37H,5,15-16H2,1-4H3/t21-,23-,26-,28-,31+,32-/m1/s1. The van der Waals surface area contributed by atoms with Gasteiger partial charge in [-0.1, -0.05) is 53.2 Å². The van der Waals surface area contributed by atoms with Crippen LogP contribution in [-0.4, -0.2) is 34.4 Å². The summed E-state index contributed by atoms with van der Waals surface area (Å²) in [6, 6.07) is 17.4. The molecule has 0 unspecified atom stereocenters. The van der Waals surface area contributed by atoms with Crippen molar-refractivity contribution in [1.82, 2.24) is 0 Å². The normalized spacial score (nSPS) is 26.5. The Bertz CT molecular complexity index is 1500. The van der Waals surface area contributed by atoms with Crippen LogP contribution in [0.2, 0.25) is 0 Å². The van der Waals surface area contributed by atoms with Crippen molar-refractivity contribution in [3.63, 3.8) is 0 Å². The van der Waals surface area contributed by atoms with Gasteiger partial charge in [0.1, 0.15) is 34.9 Å². The summed E-state index contributed by atoms with van der Waals surface area (Å²) in [5, 5.41) is 11.3. The Balaban J connectivity index is 1.66. The maximum atomic E-state index is 13.6. The van der Waals surface area contributed by atoms with Gasteiger partial charge in [-0.05, 0) is 63.3 Å². The summed E-state index contributed by atoms with van der Waals surface area (Å²) >= 11 is 3.37. The van der Waals surface area contributed by atoms with Gasteiger partial charge in [0.25, 0.3) is 0 Å². The highest BCUT2D eigenvalue weighted by Crippen LogP contribution is 2.55. The third-order valence-corrected chi connectivity index (χ3v) is 9.15. The molecule has 2 aliphatic rings. The van der Waals surface area contributed by atoms with Crippen molar-refractivity contribution in [2.45, 2.75) is 70.4 Å². The summed E-state index contributed by atoms with van der Waals surface area (Å²) in [7, 11) is 0. The molecule has 0 amide bonds. The minimum atomic E-state index is -1.18. The van der Waals surface area contributed by atoms with E-state index in [2.05, 4.69) is 15.9 Å². The van der Waals surface area contributed by atoms with Crippen LogP contribution >= 0.6 is 15.9 Å². The summed E-state index contributed by atoms with van der Waals surface area (Å²) in [5.74, 6) is -1.60. The van der Waals surface area contributed by atoms with Gasteiger partial charge in [-0.2, -0.15) is 0 Å². The van der Waals surface area contributed by atoms with Crippen molar-refractivity contribution in [3.8, 4) is 17.1 Å². The summed E-state index contributed by atoms with van der Waals surface area (Å²) in [6.07, 6.45) is -0.724. The van der Waals surface area contributed by atoms with Crippen molar-refractivity contribution in [2.75, 3.05) is 0 Å². The fourth-order valence-electron chi connectivity index (χ4n) is 6.01. The van der Waals surface area contributed by atoms with Crippen LogP contribution in [0, 0.1) is 11.8 Å². The number of carbonyl (C=O) groups excluding carboxylic acids is 2. The average Bonchev–Trinajstić information content (AvgIpc) is 2.93. The number of carbonyl (C=O) groups is 2. The molecule has 1 aromatic heterocycles. The molecule has 0 saturated heterocycles. The first-order chi connectivity index (χ1) is 19.4. The maximum Gasteiger partial charge on any atom is 0.347 e. The molecule has 1 aliphatic carbocycles. The van der Waals surface area contributed by atoms with Crippen LogP contribution in [0.3, 0.4) is 0 Å². The van der Waals surface area contributed by atoms with Crippen molar-refractivity contribution in [1.29, 1.82) is 0 Å². The first-order valence-corrected chi connectivity index (χ1v) is 14.5. The maximum absolute atomic E-state index is 13.6. The Kier molecular flexibility index (Phi) is 7.87. The molecule has 0 spiro atoms. The fraction of sp³-hybridized carbons (Fsp3) is 0.406. The molecule has 3 aromatic rings. The van der Waals surface area contributed by atoms with Gasteiger partial charge in [-0.15, -0.1) is 0 Å². The lowest BCUT2D eigenvalue weighted by atomic mass is 9.61. The van der Waals surface area contributed by atoms with Gasteiger partial charge in [0.2, 0.25) is 0 Å². The number of esters is 2. The Labute approximate surface area is 246 Å². The van der Waals surface area contributed by atoms with Gasteiger partial charge in [0, 0.05) is 28.9 Å². The minimum Gasteiger partial charge on any atom is -0.482 e. The zero-order chi connectivity index (χ0) is 29.5. The number of halogens is 1. The molecule has 1 saturated carbocycles. The second kappa shape index (κ2) is 11.1. The molecule has 216 valence electrons. The van der Waals surface area contributed by atoms with Gasteiger partial charge in [-0.3, -0.25) is 4.79 Å². The van der Waals surface area contributed by atoms with Crippen LogP contribution in [-0.2, 0) is 14.3 Å². The number of rotatable bonds is 6. The quantitative estimate of drug-likeness (QED) is 0.321. The molecule has 6 atom stereocenters. The lowest BCUT2D eigenvalue weighted by Crippen LogP contribution is -2.63. The molecule has 5 rings (SSSR count). The Morgan fingerprint density at radius 2 is 1.78 bits per heavy atom. The van der Waals surface area contributed by atoms with E-state index in [1.807, 2.05) is 44.2 Å². The van der Waals surface area contributed by atoms with E-state index in [1.165, 1.54) is 6.92 Å². The summed E-state index contributed by atoms with van der Waals surface area (Å²) in [5.41, 5.74) is -1.90. The molecule has 9 heteroatoms. The van der Waals surface area contributed by atoms with Gasteiger partial charge >= 0.3 is 17.6 Å². The topological polar surface area (TPSA) is 112 Å². The monoisotopic (exact) mass is 624 g/mol. The summed E-state index contributed by atoms with van der Waals surface area (Å²) in [6.45, 7) is 6.75. The highest BCUT2D eigenvalue weighted by atomic mass is 79.9. The molecule has 1 N–H and O–H groups in total. The van der Waals surface area contributed by atoms with Crippen molar-refractivity contribution in [2.24, 2.45) is 11.8 Å². The van der Waals surface area contributed by atoms with Crippen LogP contribution in [0.4, 0.5) is 0 Å². The first-order valence-electron chi connectivity index (χ1n) is 13.7. The minimum absolute atomic E-state index is 0.0796.